The second kappa shape index (κ2) is 8.75. The van der Waals surface area contributed by atoms with Crippen LogP contribution in [-0.4, -0.2) is 40.6 Å². The van der Waals surface area contributed by atoms with Crippen molar-refractivity contribution >= 4 is 39.7 Å². The van der Waals surface area contributed by atoms with Crippen LogP contribution in [-0.2, 0) is 27.9 Å². The average Bonchev–Trinajstić information content (AvgIpc) is 3.26. The van der Waals surface area contributed by atoms with Crippen molar-refractivity contribution in [3.8, 4) is 0 Å². The van der Waals surface area contributed by atoms with E-state index in [1.807, 2.05) is 30.3 Å². The lowest BCUT2D eigenvalue weighted by molar-refractivity contribution is -0.117. The number of carbonyl (C=O) groups excluding carboxylic acids is 2. The minimum atomic E-state index is -4.12. The van der Waals surface area contributed by atoms with E-state index in [0.29, 0.717) is 16.4 Å². The number of fused-ring (bicyclic) bond motifs is 1. The number of hydrogen-bond donors (Lipinski definition) is 2. The Morgan fingerprint density at radius 3 is 2.33 bits per heavy atom. The zero-order chi connectivity index (χ0) is 23.8. The van der Waals surface area contributed by atoms with Crippen molar-refractivity contribution in [2.75, 3.05) is 0 Å². The highest BCUT2D eigenvalue weighted by molar-refractivity contribution is 8.08. The van der Waals surface area contributed by atoms with Crippen LogP contribution < -0.4 is 5.32 Å². The van der Waals surface area contributed by atoms with Gasteiger partial charge in [0, 0.05) is 12.7 Å². The van der Waals surface area contributed by atoms with E-state index in [1.54, 1.807) is 0 Å². The van der Waals surface area contributed by atoms with E-state index >= 15 is 0 Å². The maximum Gasteiger partial charge on any atom is 0.343 e. The molecule has 0 saturated carbocycles. The van der Waals surface area contributed by atoms with Crippen LogP contribution in [0.4, 0.5) is 4.79 Å². The molecule has 2 aliphatic rings. The molecule has 0 saturated heterocycles. The molecular weight excluding hydrogens is 466 g/mol. The molecule has 4 rings (SSSR count). The quantitative estimate of drug-likeness (QED) is 0.644. The Morgan fingerprint density at radius 1 is 1.03 bits per heavy atom. The maximum absolute atomic E-state index is 13.0. The van der Waals surface area contributed by atoms with Gasteiger partial charge in [-0.3, -0.25) is 9.69 Å². The van der Waals surface area contributed by atoms with E-state index in [0.717, 1.165) is 22.2 Å². The highest BCUT2D eigenvalue weighted by atomic mass is 32.2. The molecule has 0 radical (unpaired) electrons. The van der Waals surface area contributed by atoms with Gasteiger partial charge in [0.05, 0.1) is 21.9 Å². The normalized spacial score (nSPS) is 17.0. The fraction of sp³-hybridized carbons (Fsp3) is 0.136. The maximum atomic E-state index is 13.0. The third-order valence-corrected chi connectivity index (χ3v) is 8.29. The van der Waals surface area contributed by atoms with Crippen molar-refractivity contribution < 1.29 is 27.9 Å². The summed E-state index contributed by atoms with van der Waals surface area (Å²) in [4.78, 5) is 38.0. The molecule has 0 atom stereocenters. The van der Waals surface area contributed by atoms with Gasteiger partial charge in [-0.15, -0.1) is 0 Å². The molecule has 2 N–H and O–H groups in total. The Bertz CT molecular complexity index is 1300. The first-order chi connectivity index (χ1) is 15.7. The van der Waals surface area contributed by atoms with Crippen molar-refractivity contribution in [3.05, 3.63) is 92.3 Å². The highest BCUT2D eigenvalue weighted by Crippen LogP contribution is 2.44. The molecule has 11 heteroatoms. The van der Waals surface area contributed by atoms with Crippen molar-refractivity contribution in [1.29, 1.82) is 0 Å². The number of hydrogen-bond acceptors (Lipinski definition) is 6. The SMILES string of the molecule is CC1=C2SC(C(=O)NCc3ccccc3)=CN2C(=O)N(Cc2ccc(C(=O)O)cc2)S1(=O)=O. The molecule has 33 heavy (non-hydrogen) atoms. The first kappa shape index (κ1) is 22.6. The van der Waals surface area contributed by atoms with E-state index in [4.69, 9.17) is 5.11 Å². The summed E-state index contributed by atoms with van der Waals surface area (Å²) in [5.41, 5.74) is 1.40. The van der Waals surface area contributed by atoms with Gasteiger partial charge in [-0.1, -0.05) is 54.2 Å². The van der Waals surface area contributed by atoms with E-state index in [2.05, 4.69) is 5.32 Å². The lowest BCUT2D eigenvalue weighted by Gasteiger charge is -2.32. The van der Waals surface area contributed by atoms with Crippen molar-refractivity contribution in [3.63, 3.8) is 0 Å². The zero-order valence-corrected chi connectivity index (χ0v) is 19.0. The Morgan fingerprint density at radius 2 is 1.70 bits per heavy atom. The molecular formula is C22H19N3O6S2. The van der Waals surface area contributed by atoms with Gasteiger partial charge >= 0.3 is 12.0 Å². The number of aromatic carboxylic acids is 1. The predicted molar refractivity (Wildman–Crippen MR) is 122 cm³/mol. The number of allylic oxidation sites excluding steroid dienone is 1. The topological polar surface area (TPSA) is 124 Å². The van der Waals surface area contributed by atoms with Crippen molar-refractivity contribution in [2.24, 2.45) is 0 Å². The van der Waals surface area contributed by atoms with Crippen LogP contribution in [0.5, 0.6) is 0 Å². The molecule has 2 aromatic carbocycles. The number of benzene rings is 2. The van der Waals surface area contributed by atoms with Crippen LogP contribution in [0, 0.1) is 0 Å². The fourth-order valence-electron chi connectivity index (χ4n) is 3.28. The molecule has 0 aliphatic carbocycles. The smallest absolute Gasteiger partial charge is 0.343 e. The highest BCUT2D eigenvalue weighted by Gasteiger charge is 2.44. The minimum Gasteiger partial charge on any atom is -0.478 e. The molecule has 0 aromatic heterocycles. The second-order valence-corrected chi connectivity index (χ2v) is 10.3. The third kappa shape index (κ3) is 4.37. The van der Waals surface area contributed by atoms with E-state index in [-0.39, 0.29) is 26.9 Å². The van der Waals surface area contributed by atoms with Gasteiger partial charge in [0.25, 0.3) is 15.9 Å². The number of amides is 3. The molecule has 2 aromatic rings. The molecule has 0 bridgehead atoms. The van der Waals surface area contributed by atoms with Crippen LogP contribution >= 0.6 is 11.8 Å². The summed E-state index contributed by atoms with van der Waals surface area (Å²) in [7, 11) is -4.12. The molecule has 2 heterocycles. The van der Waals surface area contributed by atoms with Crippen LogP contribution in [0.2, 0.25) is 0 Å². The Kier molecular flexibility index (Phi) is 6.00. The number of sulfonamides is 1. The molecule has 9 nitrogen and oxygen atoms in total. The third-order valence-electron chi connectivity index (χ3n) is 5.12. The fourth-order valence-corrected chi connectivity index (χ4v) is 5.89. The van der Waals surface area contributed by atoms with E-state index in [9.17, 15) is 22.8 Å². The van der Waals surface area contributed by atoms with Gasteiger partial charge in [0.1, 0.15) is 5.03 Å². The number of carboxylic acids is 1. The van der Waals surface area contributed by atoms with Crippen LogP contribution in [0.25, 0.3) is 0 Å². The summed E-state index contributed by atoms with van der Waals surface area (Å²) < 4.78 is 26.8. The summed E-state index contributed by atoms with van der Waals surface area (Å²) in [5.74, 6) is -1.52. The summed E-state index contributed by atoms with van der Waals surface area (Å²) in [6.45, 7) is 1.41. The first-order valence-corrected chi connectivity index (χ1v) is 12.0. The zero-order valence-electron chi connectivity index (χ0n) is 17.4. The molecule has 2 aliphatic heterocycles. The molecule has 3 amide bonds. The molecule has 0 fully saturated rings. The lowest BCUT2D eigenvalue weighted by atomic mass is 10.1. The van der Waals surface area contributed by atoms with Crippen LogP contribution in [0.15, 0.2) is 75.6 Å². The van der Waals surface area contributed by atoms with Crippen molar-refractivity contribution in [1.82, 2.24) is 14.5 Å². The predicted octanol–water partition coefficient (Wildman–Crippen LogP) is 3.05. The molecule has 0 spiro atoms. The summed E-state index contributed by atoms with van der Waals surface area (Å²) >= 11 is 0.928. The Balaban J connectivity index is 1.55. The van der Waals surface area contributed by atoms with Gasteiger partial charge in [-0.05, 0) is 30.2 Å². The molecule has 0 unspecified atom stereocenters. The Labute approximate surface area is 194 Å². The number of carboxylic acid groups (broad SMARTS) is 1. The first-order valence-electron chi connectivity index (χ1n) is 9.79. The second-order valence-electron chi connectivity index (χ2n) is 7.29. The van der Waals surface area contributed by atoms with Crippen LogP contribution in [0.3, 0.4) is 0 Å². The van der Waals surface area contributed by atoms with Gasteiger partial charge in [-0.25, -0.2) is 22.3 Å². The van der Waals surface area contributed by atoms with Gasteiger partial charge in [-0.2, -0.15) is 0 Å². The number of urea groups is 1. The summed E-state index contributed by atoms with van der Waals surface area (Å²) in [6.07, 6.45) is 1.33. The largest absolute Gasteiger partial charge is 0.478 e. The van der Waals surface area contributed by atoms with Crippen LogP contribution in [0.1, 0.15) is 28.4 Å². The number of nitrogens with zero attached hydrogens (tertiary/aromatic N) is 2. The Hall–Kier alpha value is -3.57. The molecule has 170 valence electrons. The number of nitrogens with one attached hydrogen (secondary N) is 1. The standard InChI is InChI=1S/C22H19N3O6S2/c1-14-20-24(13-18(32-20)19(26)23-11-15-5-3-2-4-6-15)22(29)25(33(14,30)31)12-16-7-9-17(10-8-16)21(27)28/h2-10,13H,11-12H2,1H3,(H,23,26)(H,27,28). The lowest BCUT2D eigenvalue weighted by Crippen LogP contribution is -2.46. The minimum absolute atomic E-state index is 0.0450. The average molecular weight is 486 g/mol. The number of carbonyl (C=O) groups is 3. The van der Waals surface area contributed by atoms with Gasteiger partial charge in [0.2, 0.25) is 0 Å². The number of thioether (sulfide) groups is 1. The van der Waals surface area contributed by atoms with Gasteiger partial charge in [0.15, 0.2) is 0 Å². The monoisotopic (exact) mass is 485 g/mol. The van der Waals surface area contributed by atoms with Crippen molar-refractivity contribution in [2.45, 2.75) is 20.0 Å². The summed E-state index contributed by atoms with van der Waals surface area (Å²) in [6, 6.07) is 14.1. The van der Waals surface area contributed by atoms with Gasteiger partial charge < -0.3 is 10.4 Å². The van der Waals surface area contributed by atoms with E-state index < -0.39 is 27.9 Å². The summed E-state index contributed by atoms with van der Waals surface area (Å²) in [5, 5.41) is 12.0. The van der Waals surface area contributed by atoms with E-state index in [1.165, 1.54) is 37.4 Å². The number of rotatable bonds is 6.